The van der Waals surface area contributed by atoms with Gasteiger partial charge in [0.1, 0.15) is 5.82 Å². The summed E-state index contributed by atoms with van der Waals surface area (Å²) < 4.78 is 0. The highest BCUT2D eigenvalue weighted by molar-refractivity contribution is 5.37. The van der Waals surface area contributed by atoms with Crippen LogP contribution in [0.3, 0.4) is 0 Å². The Morgan fingerprint density at radius 1 is 1.38 bits per heavy atom. The second-order valence-electron chi connectivity index (χ2n) is 3.40. The minimum atomic E-state index is 0.510. The van der Waals surface area contributed by atoms with Crippen LogP contribution in [0.4, 0.5) is 5.82 Å². The van der Waals surface area contributed by atoms with Gasteiger partial charge in [0.25, 0.3) is 0 Å². The summed E-state index contributed by atoms with van der Waals surface area (Å²) in [6, 6.07) is 2.53. The molecule has 1 N–H and O–H groups in total. The van der Waals surface area contributed by atoms with E-state index < -0.39 is 0 Å². The number of nitrogens with zero attached hydrogens (tertiary/aromatic N) is 2. The van der Waals surface area contributed by atoms with E-state index in [-0.39, 0.29) is 0 Å². The maximum atomic E-state index is 4.01. The quantitative estimate of drug-likeness (QED) is 0.698. The van der Waals surface area contributed by atoms with Gasteiger partial charge in [0, 0.05) is 6.04 Å². The van der Waals surface area contributed by atoms with Crippen LogP contribution in [0.1, 0.15) is 18.4 Å². The van der Waals surface area contributed by atoms with E-state index in [1.54, 1.807) is 6.20 Å². The van der Waals surface area contributed by atoms with E-state index in [9.17, 15) is 0 Å². The fraction of sp³-hybridized carbons (Fsp3) is 0.400. The SMILES string of the molecule is Cc1cnnc(NC2CC=CC2)c1. The lowest BCUT2D eigenvalue weighted by Crippen LogP contribution is -2.16. The lowest BCUT2D eigenvalue weighted by Gasteiger charge is -2.11. The zero-order chi connectivity index (χ0) is 9.10. The third-order valence-corrected chi connectivity index (χ3v) is 2.15. The van der Waals surface area contributed by atoms with E-state index in [1.165, 1.54) is 0 Å². The molecule has 3 heteroatoms. The van der Waals surface area contributed by atoms with Gasteiger partial charge in [-0.05, 0) is 31.4 Å². The first-order chi connectivity index (χ1) is 6.34. The Hall–Kier alpha value is -1.38. The van der Waals surface area contributed by atoms with Gasteiger partial charge in [0.2, 0.25) is 0 Å². The minimum Gasteiger partial charge on any atom is -0.365 e. The van der Waals surface area contributed by atoms with E-state index in [2.05, 4.69) is 27.7 Å². The van der Waals surface area contributed by atoms with E-state index in [0.29, 0.717) is 6.04 Å². The first kappa shape index (κ1) is 8.23. The third-order valence-electron chi connectivity index (χ3n) is 2.15. The van der Waals surface area contributed by atoms with Gasteiger partial charge in [-0.3, -0.25) is 0 Å². The lowest BCUT2D eigenvalue weighted by atomic mass is 10.2. The maximum Gasteiger partial charge on any atom is 0.149 e. The highest BCUT2D eigenvalue weighted by Gasteiger charge is 2.09. The summed E-state index contributed by atoms with van der Waals surface area (Å²) in [6.07, 6.45) is 8.34. The lowest BCUT2D eigenvalue weighted by molar-refractivity contribution is 0.774. The van der Waals surface area contributed by atoms with Crippen molar-refractivity contribution in [3.63, 3.8) is 0 Å². The van der Waals surface area contributed by atoms with Crippen molar-refractivity contribution in [2.24, 2.45) is 0 Å². The van der Waals surface area contributed by atoms with Crippen LogP contribution in [0.25, 0.3) is 0 Å². The molecule has 1 aliphatic carbocycles. The van der Waals surface area contributed by atoms with Gasteiger partial charge in [0.05, 0.1) is 6.20 Å². The molecule has 1 aromatic rings. The fourth-order valence-corrected chi connectivity index (χ4v) is 1.48. The monoisotopic (exact) mass is 175 g/mol. The van der Waals surface area contributed by atoms with Crippen molar-refractivity contribution in [1.29, 1.82) is 0 Å². The number of hydrogen-bond acceptors (Lipinski definition) is 3. The Bertz CT molecular complexity index is 312. The van der Waals surface area contributed by atoms with Gasteiger partial charge >= 0.3 is 0 Å². The van der Waals surface area contributed by atoms with Crippen molar-refractivity contribution in [3.8, 4) is 0 Å². The Labute approximate surface area is 77.9 Å². The van der Waals surface area contributed by atoms with Crippen LogP contribution >= 0.6 is 0 Å². The Morgan fingerprint density at radius 3 is 2.85 bits per heavy atom. The van der Waals surface area contributed by atoms with Crippen molar-refractivity contribution in [2.75, 3.05) is 5.32 Å². The van der Waals surface area contributed by atoms with Gasteiger partial charge < -0.3 is 5.32 Å². The van der Waals surface area contributed by atoms with E-state index >= 15 is 0 Å². The molecular weight excluding hydrogens is 162 g/mol. The third kappa shape index (κ3) is 2.05. The van der Waals surface area contributed by atoms with Crippen LogP contribution < -0.4 is 5.32 Å². The number of aromatic nitrogens is 2. The van der Waals surface area contributed by atoms with Crippen LogP contribution in [-0.4, -0.2) is 16.2 Å². The molecular formula is C10H13N3. The zero-order valence-electron chi connectivity index (χ0n) is 7.70. The molecule has 0 aromatic carbocycles. The van der Waals surface area contributed by atoms with Gasteiger partial charge in [-0.25, -0.2) is 0 Å². The molecule has 0 amide bonds. The molecule has 2 rings (SSSR count). The normalized spacial score (nSPS) is 16.4. The molecule has 0 spiro atoms. The molecule has 0 atom stereocenters. The molecule has 1 heterocycles. The van der Waals surface area contributed by atoms with E-state index in [0.717, 1.165) is 24.2 Å². The Morgan fingerprint density at radius 2 is 2.15 bits per heavy atom. The van der Waals surface area contributed by atoms with Gasteiger partial charge in [-0.15, -0.1) is 5.10 Å². The molecule has 0 saturated carbocycles. The summed E-state index contributed by atoms with van der Waals surface area (Å²) in [7, 11) is 0. The molecule has 0 bridgehead atoms. The van der Waals surface area contributed by atoms with Crippen LogP contribution in [0.15, 0.2) is 24.4 Å². The molecule has 0 fully saturated rings. The van der Waals surface area contributed by atoms with Crippen molar-refractivity contribution in [3.05, 3.63) is 30.0 Å². The molecule has 1 aromatic heterocycles. The number of nitrogens with one attached hydrogen (secondary N) is 1. The molecule has 0 saturated heterocycles. The topological polar surface area (TPSA) is 37.8 Å². The summed E-state index contributed by atoms with van der Waals surface area (Å²) in [4.78, 5) is 0. The highest BCUT2D eigenvalue weighted by atomic mass is 15.2. The van der Waals surface area contributed by atoms with Crippen LogP contribution in [0.2, 0.25) is 0 Å². The Balaban J connectivity index is 2.01. The van der Waals surface area contributed by atoms with Crippen molar-refractivity contribution < 1.29 is 0 Å². The minimum absolute atomic E-state index is 0.510. The Kier molecular flexibility index (Phi) is 2.25. The first-order valence-electron chi connectivity index (χ1n) is 4.55. The maximum absolute atomic E-state index is 4.01. The molecule has 1 aliphatic rings. The van der Waals surface area contributed by atoms with Crippen molar-refractivity contribution >= 4 is 5.82 Å². The number of rotatable bonds is 2. The van der Waals surface area contributed by atoms with Gasteiger partial charge in [-0.1, -0.05) is 12.2 Å². The predicted octanol–water partition coefficient (Wildman–Crippen LogP) is 1.92. The largest absolute Gasteiger partial charge is 0.365 e. The summed E-state index contributed by atoms with van der Waals surface area (Å²) in [5.74, 6) is 0.883. The first-order valence-corrected chi connectivity index (χ1v) is 4.55. The summed E-state index contributed by atoms with van der Waals surface area (Å²) in [6.45, 7) is 2.02. The molecule has 0 radical (unpaired) electrons. The van der Waals surface area contributed by atoms with E-state index in [1.807, 2.05) is 13.0 Å². The average Bonchev–Trinajstić information content (AvgIpc) is 2.57. The van der Waals surface area contributed by atoms with Crippen LogP contribution in [-0.2, 0) is 0 Å². The van der Waals surface area contributed by atoms with Gasteiger partial charge in [-0.2, -0.15) is 5.10 Å². The molecule has 68 valence electrons. The average molecular weight is 175 g/mol. The van der Waals surface area contributed by atoms with Crippen LogP contribution in [0, 0.1) is 6.92 Å². The molecule has 0 unspecified atom stereocenters. The molecule has 3 nitrogen and oxygen atoms in total. The summed E-state index contributed by atoms with van der Waals surface area (Å²) in [5.41, 5.74) is 1.14. The van der Waals surface area contributed by atoms with Gasteiger partial charge in [0.15, 0.2) is 0 Å². The van der Waals surface area contributed by atoms with Crippen LogP contribution in [0.5, 0.6) is 0 Å². The van der Waals surface area contributed by atoms with Crippen molar-refractivity contribution in [2.45, 2.75) is 25.8 Å². The predicted molar refractivity (Wildman–Crippen MR) is 52.6 cm³/mol. The molecule has 13 heavy (non-hydrogen) atoms. The van der Waals surface area contributed by atoms with Crippen molar-refractivity contribution in [1.82, 2.24) is 10.2 Å². The number of hydrogen-bond donors (Lipinski definition) is 1. The van der Waals surface area contributed by atoms with E-state index in [4.69, 9.17) is 0 Å². The second-order valence-corrected chi connectivity index (χ2v) is 3.40. The summed E-state index contributed by atoms with van der Waals surface area (Å²) >= 11 is 0. The zero-order valence-corrected chi connectivity index (χ0v) is 7.70. The smallest absolute Gasteiger partial charge is 0.149 e. The highest BCUT2D eigenvalue weighted by Crippen LogP contribution is 2.14. The summed E-state index contributed by atoms with van der Waals surface area (Å²) in [5, 5.41) is 11.3. The number of aryl methyl sites for hydroxylation is 1. The molecule has 0 aliphatic heterocycles. The standard InChI is InChI=1S/C10H13N3/c1-8-6-10(13-11-7-8)12-9-4-2-3-5-9/h2-3,6-7,9H,4-5H2,1H3,(H,12,13). The second kappa shape index (κ2) is 3.56. The fourth-order valence-electron chi connectivity index (χ4n) is 1.48. The number of anilines is 1.